The molecule has 3 aliphatic rings. The SMILES string of the molecule is NCC1CN(CC(=O)N2CCN(Cc3ccccc3)CC2OC(=O)NC2CCCc3ccccc32)C1. The highest BCUT2D eigenvalue weighted by Crippen LogP contribution is 2.29. The summed E-state index contributed by atoms with van der Waals surface area (Å²) in [5.74, 6) is 0.474. The van der Waals surface area contributed by atoms with Crippen LogP contribution >= 0.6 is 0 Å². The number of nitrogens with one attached hydrogen (secondary N) is 1. The molecule has 2 heterocycles. The molecule has 1 aliphatic carbocycles. The molecular formula is C28H37N5O3. The number of alkyl carbamates (subject to hydrolysis) is 1. The molecule has 2 aromatic carbocycles. The fourth-order valence-corrected chi connectivity index (χ4v) is 5.62. The van der Waals surface area contributed by atoms with Gasteiger partial charge in [0.05, 0.1) is 19.1 Å². The maximum atomic E-state index is 13.2. The molecule has 0 bridgehead atoms. The number of likely N-dealkylation sites (tertiary alicyclic amines) is 1. The summed E-state index contributed by atoms with van der Waals surface area (Å²) in [6.07, 6.45) is 1.86. The smallest absolute Gasteiger partial charge is 0.409 e. The summed E-state index contributed by atoms with van der Waals surface area (Å²) in [5, 5.41) is 3.08. The third kappa shape index (κ3) is 5.88. The standard InChI is InChI=1S/C28H37N5O3/c29-15-22-17-32(18-22)19-26(34)33-14-13-31(16-21-7-2-1-3-8-21)20-27(33)36-28(35)30-25-12-6-10-23-9-4-5-11-24(23)25/h1-5,7-9,11,22,25,27H,6,10,12-20,29H2,(H,30,35). The van der Waals surface area contributed by atoms with Crippen molar-refractivity contribution in [2.45, 2.75) is 38.1 Å². The van der Waals surface area contributed by atoms with Crippen molar-refractivity contribution in [2.75, 3.05) is 45.8 Å². The predicted molar refractivity (Wildman–Crippen MR) is 138 cm³/mol. The Morgan fingerprint density at radius 2 is 1.75 bits per heavy atom. The normalized spacial score (nSPS) is 23.0. The lowest BCUT2D eigenvalue weighted by Gasteiger charge is -2.43. The van der Waals surface area contributed by atoms with Gasteiger partial charge in [0, 0.05) is 32.7 Å². The number of piperazine rings is 1. The van der Waals surface area contributed by atoms with Gasteiger partial charge in [-0.3, -0.25) is 14.6 Å². The molecule has 2 atom stereocenters. The maximum Gasteiger partial charge on any atom is 0.409 e. The molecule has 0 spiro atoms. The zero-order valence-electron chi connectivity index (χ0n) is 20.9. The molecule has 2 aromatic rings. The topological polar surface area (TPSA) is 91.1 Å². The highest BCUT2D eigenvalue weighted by Gasteiger charge is 2.36. The van der Waals surface area contributed by atoms with E-state index in [0.29, 0.717) is 32.1 Å². The molecule has 8 nitrogen and oxygen atoms in total. The largest absolute Gasteiger partial charge is 0.424 e. The Morgan fingerprint density at radius 3 is 2.56 bits per heavy atom. The number of hydrogen-bond donors (Lipinski definition) is 2. The number of hydrogen-bond acceptors (Lipinski definition) is 6. The monoisotopic (exact) mass is 491 g/mol. The molecule has 2 aliphatic heterocycles. The van der Waals surface area contributed by atoms with Crippen molar-refractivity contribution < 1.29 is 14.3 Å². The van der Waals surface area contributed by atoms with Crippen LogP contribution < -0.4 is 11.1 Å². The summed E-state index contributed by atoms with van der Waals surface area (Å²) < 4.78 is 5.96. The van der Waals surface area contributed by atoms with Crippen LogP contribution in [0, 0.1) is 5.92 Å². The average Bonchev–Trinajstić information content (AvgIpc) is 2.87. The Hall–Kier alpha value is -2.94. The van der Waals surface area contributed by atoms with Gasteiger partial charge < -0.3 is 20.7 Å². The van der Waals surface area contributed by atoms with Gasteiger partial charge in [0.2, 0.25) is 5.91 Å². The second-order valence-corrected chi connectivity index (χ2v) is 10.3. The number of amides is 2. The molecule has 36 heavy (non-hydrogen) atoms. The molecule has 2 saturated heterocycles. The number of carbonyl (C=O) groups is 2. The van der Waals surface area contributed by atoms with Gasteiger partial charge in [-0.2, -0.15) is 0 Å². The van der Waals surface area contributed by atoms with Crippen LogP contribution in [-0.2, 0) is 22.5 Å². The van der Waals surface area contributed by atoms with E-state index in [9.17, 15) is 9.59 Å². The molecule has 2 fully saturated rings. The van der Waals surface area contributed by atoms with Crippen molar-refractivity contribution in [1.29, 1.82) is 0 Å². The lowest BCUT2D eigenvalue weighted by molar-refractivity contribution is -0.150. The van der Waals surface area contributed by atoms with E-state index in [-0.39, 0.29) is 11.9 Å². The van der Waals surface area contributed by atoms with Crippen molar-refractivity contribution in [3.8, 4) is 0 Å². The van der Waals surface area contributed by atoms with Crippen LogP contribution in [0.1, 0.15) is 35.6 Å². The number of nitrogens with zero attached hydrogens (tertiary/aromatic N) is 3. The Kier molecular flexibility index (Phi) is 7.84. The van der Waals surface area contributed by atoms with Gasteiger partial charge in [0.15, 0.2) is 6.23 Å². The van der Waals surface area contributed by atoms with Crippen molar-refractivity contribution in [2.24, 2.45) is 11.7 Å². The van der Waals surface area contributed by atoms with Crippen molar-refractivity contribution in [3.63, 3.8) is 0 Å². The number of rotatable bonds is 7. The van der Waals surface area contributed by atoms with Gasteiger partial charge in [-0.25, -0.2) is 4.79 Å². The molecule has 0 saturated carbocycles. The zero-order valence-corrected chi connectivity index (χ0v) is 20.9. The Balaban J connectivity index is 1.24. The lowest BCUT2D eigenvalue weighted by Crippen LogP contribution is -2.60. The van der Waals surface area contributed by atoms with Crippen LogP contribution in [0.3, 0.4) is 0 Å². The van der Waals surface area contributed by atoms with Gasteiger partial charge in [0.1, 0.15) is 0 Å². The molecule has 5 rings (SSSR count). The van der Waals surface area contributed by atoms with E-state index < -0.39 is 12.3 Å². The number of ether oxygens (including phenoxy) is 1. The molecule has 2 unspecified atom stereocenters. The molecule has 0 aromatic heterocycles. The molecule has 8 heteroatoms. The lowest BCUT2D eigenvalue weighted by atomic mass is 9.88. The van der Waals surface area contributed by atoms with Gasteiger partial charge in [-0.15, -0.1) is 0 Å². The Morgan fingerprint density at radius 1 is 0.972 bits per heavy atom. The van der Waals surface area contributed by atoms with Crippen LogP contribution in [0.15, 0.2) is 54.6 Å². The molecule has 2 amide bonds. The minimum atomic E-state index is -0.625. The number of carbonyl (C=O) groups excluding carboxylic acids is 2. The zero-order chi connectivity index (χ0) is 24.9. The minimum absolute atomic E-state index is 0.00523. The number of aryl methyl sites for hydroxylation is 1. The van der Waals surface area contributed by atoms with Crippen LogP contribution in [-0.4, -0.2) is 78.7 Å². The van der Waals surface area contributed by atoms with E-state index in [1.165, 1.54) is 11.1 Å². The van der Waals surface area contributed by atoms with E-state index in [1.807, 2.05) is 30.3 Å². The Bertz CT molecular complexity index is 1040. The first-order chi connectivity index (χ1) is 17.6. The fraction of sp³-hybridized carbons (Fsp3) is 0.500. The van der Waals surface area contributed by atoms with Crippen LogP contribution in [0.4, 0.5) is 4.79 Å². The predicted octanol–water partition coefficient (Wildman–Crippen LogP) is 2.35. The quantitative estimate of drug-likeness (QED) is 0.618. The van der Waals surface area contributed by atoms with Gasteiger partial charge >= 0.3 is 6.09 Å². The second kappa shape index (κ2) is 11.4. The summed E-state index contributed by atoms with van der Waals surface area (Å²) in [7, 11) is 0. The number of nitrogens with two attached hydrogens (primary N) is 1. The van der Waals surface area contributed by atoms with Crippen LogP contribution in [0.25, 0.3) is 0 Å². The van der Waals surface area contributed by atoms with Crippen molar-refractivity contribution >= 4 is 12.0 Å². The molecule has 192 valence electrons. The van der Waals surface area contributed by atoms with Gasteiger partial charge in [-0.05, 0) is 48.4 Å². The summed E-state index contributed by atoms with van der Waals surface area (Å²) >= 11 is 0. The highest BCUT2D eigenvalue weighted by molar-refractivity contribution is 5.79. The third-order valence-electron chi connectivity index (χ3n) is 7.62. The van der Waals surface area contributed by atoms with E-state index in [2.05, 4.69) is 39.4 Å². The van der Waals surface area contributed by atoms with Gasteiger partial charge in [0.25, 0.3) is 0 Å². The minimum Gasteiger partial charge on any atom is -0.424 e. The second-order valence-electron chi connectivity index (χ2n) is 10.3. The summed E-state index contributed by atoms with van der Waals surface area (Å²) in [4.78, 5) is 32.4. The summed E-state index contributed by atoms with van der Waals surface area (Å²) in [6.45, 7) is 5.21. The molecular weight excluding hydrogens is 454 g/mol. The first kappa shape index (κ1) is 24.7. The fourth-order valence-electron chi connectivity index (χ4n) is 5.62. The molecule has 3 N–H and O–H groups in total. The van der Waals surface area contributed by atoms with E-state index >= 15 is 0 Å². The van der Waals surface area contributed by atoms with Crippen molar-refractivity contribution in [3.05, 3.63) is 71.3 Å². The van der Waals surface area contributed by atoms with Crippen LogP contribution in [0.5, 0.6) is 0 Å². The van der Waals surface area contributed by atoms with Crippen molar-refractivity contribution in [1.82, 2.24) is 20.0 Å². The summed E-state index contributed by atoms with van der Waals surface area (Å²) in [5.41, 5.74) is 9.38. The first-order valence-electron chi connectivity index (χ1n) is 13.1. The first-order valence-corrected chi connectivity index (χ1v) is 13.1. The highest BCUT2D eigenvalue weighted by atomic mass is 16.6. The number of fused-ring (bicyclic) bond motifs is 1. The average molecular weight is 492 g/mol. The van der Waals surface area contributed by atoms with E-state index in [1.54, 1.807) is 4.90 Å². The molecule has 0 radical (unpaired) electrons. The maximum absolute atomic E-state index is 13.2. The number of benzene rings is 2. The summed E-state index contributed by atoms with van der Waals surface area (Å²) in [6, 6.07) is 18.5. The Labute approximate surface area is 213 Å². The van der Waals surface area contributed by atoms with Crippen LogP contribution in [0.2, 0.25) is 0 Å². The van der Waals surface area contributed by atoms with Gasteiger partial charge in [-0.1, -0.05) is 54.6 Å². The van der Waals surface area contributed by atoms with E-state index in [0.717, 1.165) is 51.0 Å². The van der Waals surface area contributed by atoms with E-state index in [4.69, 9.17) is 10.5 Å². The third-order valence-corrected chi connectivity index (χ3v) is 7.62.